The van der Waals surface area contributed by atoms with Crippen LogP contribution in [0.4, 0.5) is 0 Å². The van der Waals surface area contributed by atoms with Crippen LogP contribution in [0.15, 0.2) is 12.2 Å². The van der Waals surface area contributed by atoms with Gasteiger partial charge in [0.25, 0.3) is 0 Å². The molecule has 1 saturated heterocycles. The lowest BCUT2D eigenvalue weighted by Gasteiger charge is -2.71. The van der Waals surface area contributed by atoms with Crippen molar-refractivity contribution in [3.8, 4) is 0 Å². The molecule has 272 valence electrons. The first-order valence-corrected chi connectivity index (χ1v) is 17.7. The average molecular weight is 671 g/mol. The number of hydrogen-bond donors (Lipinski definition) is 8. The van der Waals surface area contributed by atoms with E-state index >= 15 is 0 Å². The topological polar surface area (TPSA) is 190 Å². The highest BCUT2D eigenvalue weighted by molar-refractivity contribution is 5.22. The molecule has 4 aliphatic carbocycles. The molecule has 0 bridgehead atoms. The molecular formula is C36H62O11. The zero-order valence-corrected chi connectivity index (χ0v) is 29.5. The third kappa shape index (κ3) is 5.77. The van der Waals surface area contributed by atoms with E-state index in [0.717, 1.165) is 12.8 Å². The summed E-state index contributed by atoms with van der Waals surface area (Å²) in [5.41, 5.74) is -3.53. The van der Waals surface area contributed by atoms with Gasteiger partial charge in [0.1, 0.15) is 30.0 Å². The van der Waals surface area contributed by atoms with Gasteiger partial charge in [-0.25, -0.2) is 4.89 Å². The molecular weight excluding hydrogens is 608 g/mol. The SMILES string of the molecule is CC(C)(/C=C/C[C@](C)(O[C@@H]1O[C@H](CO)[C@@H](O)[C@H](O)[C@H]1O)[C@H]1CC[C@]2(C)[C@H]1[C@H](O)C[C@@H]1[C@@]3(C)CC[C@H](O)C(C)(C)[C@H]3[C@@H](O)C[C@]12C)OO. The summed E-state index contributed by atoms with van der Waals surface area (Å²) in [5, 5.41) is 86.4. The minimum absolute atomic E-state index is 0.108. The Hall–Kier alpha value is -0.700. The van der Waals surface area contributed by atoms with Crippen molar-refractivity contribution >= 4 is 0 Å². The monoisotopic (exact) mass is 670 g/mol. The lowest BCUT2D eigenvalue weighted by molar-refractivity contribution is -0.335. The fourth-order valence-corrected chi connectivity index (χ4v) is 11.9. The smallest absolute Gasteiger partial charge is 0.187 e. The zero-order chi connectivity index (χ0) is 35.1. The Morgan fingerprint density at radius 3 is 2.13 bits per heavy atom. The minimum Gasteiger partial charge on any atom is -0.394 e. The molecule has 16 atom stereocenters. The highest BCUT2D eigenvalue weighted by Gasteiger charge is 2.73. The first-order valence-electron chi connectivity index (χ1n) is 17.7. The second kappa shape index (κ2) is 12.5. The molecule has 0 radical (unpaired) electrons. The zero-order valence-electron chi connectivity index (χ0n) is 29.5. The molecule has 5 fully saturated rings. The standard InChI is InChI=1S/C36H62O11/c1-31(2,47-44)12-9-13-36(8,46-30-28(43)27(42)26(41)22(18-37)45-30)19-10-15-34(6)25(19)20(38)16-23-33(5)14-11-24(40)32(3,4)29(33)21(39)17-35(23,34)7/h9,12,19-30,37-44H,10-11,13-18H2,1-8H3/b12-9+/t19-,20+,21-,22+,23+,24-,25+,26+,27-,28+,29+,30-,33+,34+,35+,36-/m0/s1. The van der Waals surface area contributed by atoms with Crippen LogP contribution in [0.1, 0.15) is 100 Å². The van der Waals surface area contributed by atoms with Crippen LogP contribution >= 0.6 is 0 Å². The maximum atomic E-state index is 12.3. The van der Waals surface area contributed by atoms with E-state index in [2.05, 4.69) is 39.5 Å². The first kappa shape index (κ1) is 37.6. The van der Waals surface area contributed by atoms with Gasteiger partial charge < -0.3 is 45.2 Å². The van der Waals surface area contributed by atoms with Gasteiger partial charge in [-0.15, -0.1) is 0 Å². The van der Waals surface area contributed by atoms with Crippen molar-refractivity contribution in [2.24, 2.45) is 45.3 Å². The van der Waals surface area contributed by atoms with Crippen molar-refractivity contribution in [2.75, 3.05) is 6.61 Å². The summed E-state index contributed by atoms with van der Waals surface area (Å²) in [6.45, 7) is 15.7. The summed E-state index contributed by atoms with van der Waals surface area (Å²) in [6, 6.07) is 0. The van der Waals surface area contributed by atoms with Crippen molar-refractivity contribution in [1.29, 1.82) is 0 Å². The van der Waals surface area contributed by atoms with Crippen molar-refractivity contribution in [2.45, 2.75) is 161 Å². The normalized spacial score (nSPS) is 51.2. The fraction of sp³-hybridized carbons (Fsp3) is 0.944. The summed E-state index contributed by atoms with van der Waals surface area (Å²) in [6.07, 6.45) is -1.18. The maximum Gasteiger partial charge on any atom is 0.187 e. The van der Waals surface area contributed by atoms with Crippen molar-refractivity contribution in [3.63, 3.8) is 0 Å². The van der Waals surface area contributed by atoms with E-state index in [1.165, 1.54) is 0 Å². The molecule has 11 heteroatoms. The van der Waals surface area contributed by atoms with E-state index in [4.69, 9.17) is 9.47 Å². The van der Waals surface area contributed by atoms with Gasteiger partial charge in [0.05, 0.1) is 30.5 Å². The molecule has 0 amide bonds. The molecule has 4 saturated carbocycles. The summed E-state index contributed by atoms with van der Waals surface area (Å²) in [7, 11) is 0. The third-order valence-electron chi connectivity index (χ3n) is 14.5. The van der Waals surface area contributed by atoms with Gasteiger partial charge in [0.2, 0.25) is 0 Å². The lowest BCUT2D eigenvalue weighted by Crippen LogP contribution is -2.70. The van der Waals surface area contributed by atoms with Crippen molar-refractivity contribution in [1.82, 2.24) is 0 Å². The number of rotatable bonds is 8. The predicted octanol–water partition coefficient (Wildman–Crippen LogP) is 2.76. The third-order valence-corrected chi connectivity index (χ3v) is 14.5. The Bertz CT molecular complexity index is 1160. The van der Waals surface area contributed by atoms with Crippen LogP contribution in [0, 0.1) is 45.3 Å². The highest BCUT2D eigenvalue weighted by Crippen LogP contribution is 2.76. The van der Waals surface area contributed by atoms with Gasteiger partial charge in [-0.3, -0.25) is 5.26 Å². The quantitative estimate of drug-likeness (QED) is 0.108. The average Bonchev–Trinajstić information content (AvgIpc) is 3.37. The summed E-state index contributed by atoms with van der Waals surface area (Å²) >= 11 is 0. The first-order chi connectivity index (χ1) is 21.6. The molecule has 1 aliphatic heterocycles. The van der Waals surface area contributed by atoms with Gasteiger partial charge in [0, 0.05) is 0 Å². The molecule has 0 aromatic heterocycles. The Labute approximate surface area is 279 Å². The summed E-state index contributed by atoms with van der Waals surface area (Å²) in [4.78, 5) is 4.61. The number of ether oxygens (including phenoxy) is 2. The van der Waals surface area contributed by atoms with Gasteiger partial charge in [0.15, 0.2) is 6.29 Å². The molecule has 8 N–H and O–H groups in total. The van der Waals surface area contributed by atoms with Crippen LogP contribution in [-0.4, -0.2) is 108 Å². The largest absolute Gasteiger partial charge is 0.394 e. The fourth-order valence-electron chi connectivity index (χ4n) is 11.9. The predicted molar refractivity (Wildman–Crippen MR) is 173 cm³/mol. The highest BCUT2D eigenvalue weighted by atomic mass is 17.1. The number of hydrogen-bond acceptors (Lipinski definition) is 11. The molecule has 0 unspecified atom stereocenters. The maximum absolute atomic E-state index is 12.3. The van der Waals surface area contributed by atoms with Crippen molar-refractivity contribution in [3.05, 3.63) is 12.2 Å². The number of fused-ring (bicyclic) bond motifs is 5. The Morgan fingerprint density at radius 2 is 1.51 bits per heavy atom. The van der Waals surface area contributed by atoms with Crippen LogP contribution in [0.25, 0.3) is 0 Å². The molecule has 5 aliphatic rings. The molecule has 11 nitrogen and oxygen atoms in total. The van der Waals surface area contributed by atoms with Gasteiger partial charge >= 0.3 is 0 Å². The van der Waals surface area contributed by atoms with E-state index in [1.54, 1.807) is 19.9 Å². The van der Waals surface area contributed by atoms with Gasteiger partial charge in [-0.1, -0.05) is 46.8 Å². The van der Waals surface area contributed by atoms with Crippen LogP contribution in [0.5, 0.6) is 0 Å². The van der Waals surface area contributed by atoms with E-state index in [0.29, 0.717) is 25.7 Å². The van der Waals surface area contributed by atoms with E-state index in [-0.39, 0.29) is 40.9 Å². The van der Waals surface area contributed by atoms with Crippen LogP contribution in [-0.2, 0) is 14.4 Å². The van der Waals surface area contributed by atoms with Crippen LogP contribution < -0.4 is 0 Å². The second-order valence-electron chi connectivity index (χ2n) is 17.9. The molecule has 0 spiro atoms. The van der Waals surface area contributed by atoms with E-state index in [9.17, 15) is 41.0 Å². The molecule has 5 rings (SSSR count). The van der Waals surface area contributed by atoms with Gasteiger partial charge in [-0.05, 0) is 111 Å². The molecule has 1 heterocycles. The van der Waals surface area contributed by atoms with Crippen molar-refractivity contribution < 1.29 is 55.4 Å². The number of aliphatic hydroxyl groups is 7. The number of aliphatic hydroxyl groups excluding tert-OH is 7. The van der Waals surface area contributed by atoms with E-state index < -0.39 is 77.7 Å². The molecule has 47 heavy (non-hydrogen) atoms. The minimum atomic E-state index is -1.60. The molecule has 0 aromatic rings. The Morgan fingerprint density at radius 1 is 0.851 bits per heavy atom. The summed E-state index contributed by atoms with van der Waals surface area (Å²) in [5.74, 6) is -0.486. The Kier molecular flexibility index (Phi) is 10.00. The second-order valence-corrected chi connectivity index (χ2v) is 17.9. The van der Waals surface area contributed by atoms with Crippen LogP contribution in [0.3, 0.4) is 0 Å². The summed E-state index contributed by atoms with van der Waals surface area (Å²) < 4.78 is 12.5. The Balaban J connectivity index is 1.52. The van der Waals surface area contributed by atoms with E-state index in [1.807, 2.05) is 13.0 Å². The molecule has 0 aromatic carbocycles. The lowest BCUT2D eigenvalue weighted by atomic mass is 9.34. The van der Waals surface area contributed by atoms with Crippen LogP contribution in [0.2, 0.25) is 0 Å². The van der Waals surface area contributed by atoms with Gasteiger partial charge in [-0.2, -0.15) is 0 Å².